The maximum Gasteiger partial charge on any atom is 0.277 e. The van der Waals surface area contributed by atoms with Gasteiger partial charge in [-0.15, -0.1) is 21.5 Å². The number of benzene rings is 2. The van der Waals surface area contributed by atoms with Crippen LogP contribution in [0.5, 0.6) is 0 Å². The lowest BCUT2D eigenvalue weighted by atomic mass is 10.1. The predicted molar refractivity (Wildman–Crippen MR) is 115 cm³/mol. The highest BCUT2D eigenvalue weighted by atomic mass is 32.2. The topological polar surface area (TPSA) is 68.0 Å². The molecule has 0 unspecified atom stereocenters. The summed E-state index contributed by atoms with van der Waals surface area (Å²) in [7, 11) is 0. The van der Waals surface area contributed by atoms with Crippen molar-refractivity contribution in [2.75, 3.05) is 5.75 Å². The maximum atomic E-state index is 13.3. The number of halogens is 1. The van der Waals surface area contributed by atoms with Gasteiger partial charge in [0.15, 0.2) is 0 Å². The summed E-state index contributed by atoms with van der Waals surface area (Å²) in [5, 5.41) is 13.4. The molecule has 8 heteroatoms. The fraction of sp³-hybridized carbons (Fsp3) is 0.136. The highest BCUT2D eigenvalue weighted by Crippen LogP contribution is 2.27. The van der Waals surface area contributed by atoms with Crippen LogP contribution in [-0.4, -0.2) is 21.9 Å². The van der Waals surface area contributed by atoms with Crippen LogP contribution in [0.1, 0.15) is 27.9 Å². The van der Waals surface area contributed by atoms with Gasteiger partial charge in [-0.1, -0.05) is 60.3 Å². The smallest absolute Gasteiger partial charge is 0.277 e. The molecule has 1 amide bonds. The van der Waals surface area contributed by atoms with Gasteiger partial charge >= 0.3 is 0 Å². The van der Waals surface area contributed by atoms with Crippen LogP contribution >= 0.6 is 23.1 Å². The Morgan fingerprint density at radius 2 is 1.87 bits per heavy atom. The zero-order chi connectivity index (χ0) is 20.8. The Morgan fingerprint density at radius 1 is 1.07 bits per heavy atom. The predicted octanol–water partition coefficient (Wildman–Crippen LogP) is 4.86. The van der Waals surface area contributed by atoms with Gasteiger partial charge in [0.05, 0.1) is 18.2 Å². The number of hydrogen-bond donors (Lipinski definition) is 1. The van der Waals surface area contributed by atoms with Crippen LogP contribution in [0.3, 0.4) is 0 Å². The molecule has 0 saturated carbocycles. The van der Waals surface area contributed by atoms with E-state index in [4.69, 9.17) is 4.42 Å². The highest BCUT2D eigenvalue weighted by molar-refractivity contribution is 7.99. The van der Waals surface area contributed by atoms with Crippen LogP contribution in [0, 0.1) is 5.82 Å². The number of rotatable bonds is 8. The molecule has 1 atom stereocenters. The first-order valence-corrected chi connectivity index (χ1v) is 11.1. The number of carbonyl (C=O) groups is 1. The molecule has 0 aliphatic heterocycles. The minimum atomic E-state index is -0.338. The third kappa shape index (κ3) is 5.34. The maximum absolute atomic E-state index is 13.3. The second-order valence-electron chi connectivity index (χ2n) is 6.48. The molecule has 1 N–H and O–H groups in total. The van der Waals surface area contributed by atoms with E-state index in [1.165, 1.54) is 35.2 Å². The number of carbonyl (C=O) groups excluding carboxylic acids is 1. The van der Waals surface area contributed by atoms with Crippen LogP contribution in [0.15, 0.2) is 81.8 Å². The van der Waals surface area contributed by atoms with E-state index >= 15 is 0 Å². The van der Waals surface area contributed by atoms with Gasteiger partial charge in [-0.05, 0) is 34.7 Å². The molecule has 4 rings (SSSR count). The number of thiophene rings is 1. The molecule has 0 aliphatic rings. The molecule has 0 saturated heterocycles. The van der Waals surface area contributed by atoms with E-state index in [1.807, 2.05) is 47.8 Å². The lowest BCUT2D eigenvalue weighted by molar-refractivity contribution is -0.119. The van der Waals surface area contributed by atoms with Gasteiger partial charge in [0.2, 0.25) is 11.8 Å². The van der Waals surface area contributed by atoms with Crippen molar-refractivity contribution in [2.24, 2.45) is 0 Å². The Hall–Kier alpha value is -2.97. The molecule has 0 aliphatic carbocycles. The summed E-state index contributed by atoms with van der Waals surface area (Å²) >= 11 is 2.72. The largest absolute Gasteiger partial charge is 0.416 e. The van der Waals surface area contributed by atoms with Crippen molar-refractivity contribution < 1.29 is 13.6 Å². The van der Waals surface area contributed by atoms with E-state index in [-0.39, 0.29) is 23.5 Å². The second-order valence-corrected chi connectivity index (χ2v) is 8.39. The van der Waals surface area contributed by atoms with E-state index in [0.29, 0.717) is 17.5 Å². The van der Waals surface area contributed by atoms with Crippen molar-refractivity contribution in [3.63, 3.8) is 0 Å². The molecule has 152 valence electrons. The summed E-state index contributed by atoms with van der Waals surface area (Å²) in [6.45, 7) is 0. The number of nitrogens with zero attached hydrogens (tertiary/aromatic N) is 2. The number of hydrogen-bond acceptors (Lipinski definition) is 6. The lowest BCUT2D eigenvalue weighted by Crippen LogP contribution is -2.30. The van der Waals surface area contributed by atoms with Gasteiger partial charge in [0.25, 0.3) is 5.22 Å². The zero-order valence-corrected chi connectivity index (χ0v) is 17.5. The quantitative estimate of drug-likeness (QED) is 0.397. The summed E-state index contributed by atoms with van der Waals surface area (Å²) in [4.78, 5) is 13.5. The Morgan fingerprint density at radius 3 is 2.60 bits per heavy atom. The minimum Gasteiger partial charge on any atom is -0.416 e. The molecule has 2 heterocycles. The van der Waals surface area contributed by atoms with Crippen molar-refractivity contribution in [1.82, 2.24) is 15.5 Å². The Balaban J connectivity index is 1.37. The lowest BCUT2D eigenvalue weighted by Gasteiger charge is -2.18. The van der Waals surface area contributed by atoms with Gasteiger partial charge in [0.1, 0.15) is 5.82 Å². The van der Waals surface area contributed by atoms with Crippen LogP contribution in [0.4, 0.5) is 4.39 Å². The third-order valence-corrected chi connectivity index (χ3v) is 6.07. The summed E-state index contributed by atoms with van der Waals surface area (Å²) in [5.74, 6) is 0.154. The van der Waals surface area contributed by atoms with Crippen LogP contribution in [0.2, 0.25) is 0 Å². The monoisotopic (exact) mass is 439 g/mol. The number of nitrogens with one attached hydrogen (secondary N) is 1. The molecular formula is C22H18FN3O2S2. The normalized spacial score (nSPS) is 11.9. The first kappa shape index (κ1) is 20.3. The van der Waals surface area contributed by atoms with E-state index in [1.54, 1.807) is 12.1 Å². The van der Waals surface area contributed by atoms with E-state index in [0.717, 1.165) is 16.0 Å². The Bertz CT molecular complexity index is 1080. The molecule has 2 aromatic heterocycles. The molecule has 0 bridgehead atoms. The van der Waals surface area contributed by atoms with Gasteiger partial charge < -0.3 is 9.73 Å². The summed E-state index contributed by atoms with van der Waals surface area (Å²) < 4.78 is 18.9. The van der Waals surface area contributed by atoms with Gasteiger partial charge in [-0.2, -0.15) is 0 Å². The van der Waals surface area contributed by atoms with Crippen molar-refractivity contribution in [3.8, 4) is 0 Å². The fourth-order valence-corrected chi connectivity index (χ4v) is 4.29. The van der Waals surface area contributed by atoms with Crippen molar-refractivity contribution in [3.05, 3.63) is 99.8 Å². The molecular weight excluding hydrogens is 421 g/mol. The minimum absolute atomic E-state index is 0.135. The molecule has 30 heavy (non-hydrogen) atoms. The van der Waals surface area contributed by atoms with Gasteiger partial charge in [-0.25, -0.2) is 4.39 Å². The molecule has 5 nitrogen and oxygen atoms in total. The third-order valence-electron chi connectivity index (χ3n) is 4.31. The summed E-state index contributed by atoms with van der Waals surface area (Å²) in [5.41, 5.74) is 1.90. The molecule has 4 aromatic rings. The van der Waals surface area contributed by atoms with E-state index in [2.05, 4.69) is 15.5 Å². The average Bonchev–Trinajstić information content (AvgIpc) is 3.44. The summed E-state index contributed by atoms with van der Waals surface area (Å²) in [6.07, 6.45) is 0.547. The first-order chi connectivity index (χ1) is 14.7. The molecule has 0 spiro atoms. The number of thioether (sulfide) groups is 1. The van der Waals surface area contributed by atoms with Gasteiger partial charge in [-0.3, -0.25) is 4.79 Å². The van der Waals surface area contributed by atoms with Crippen LogP contribution in [-0.2, 0) is 11.2 Å². The Kier molecular flexibility index (Phi) is 6.56. The summed E-state index contributed by atoms with van der Waals surface area (Å²) in [6, 6.07) is 19.5. The SMILES string of the molecule is O=C(CSc1nnc(Cc2ccccc2)o1)N[C@@H](c1ccc(F)cc1)c1cccs1. The average molecular weight is 440 g/mol. The van der Waals surface area contributed by atoms with Crippen LogP contribution < -0.4 is 5.32 Å². The number of aromatic nitrogens is 2. The highest BCUT2D eigenvalue weighted by Gasteiger charge is 2.19. The molecule has 0 fully saturated rings. The second kappa shape index (κ2) is 9.69. The first-order valence-electron chi connectivity index (χ1n) is 9.25. The fourth-order valence-electron chi connectivity index (χ4n) is 2.90. The molecule has 2 aromatic carbocycles. The van der Waals surface area contributed by atoms with Crippen molar-refractivity contribution in [2.45, 2.75) is 17.7 Å². The standard InChI is InChI=1S/C22H18FN3O2S2/c23-17-10-8-16(9-11-17)21(18-7-4-12-29-18)24-19(27)14-30-22-26-25-20(28-22)13-15-5-2-1-3-6-15/h1-12,21H,13-14H2,(H,24,27)/t21-/m0/s1. The Labute approximate surface area is 181 Å². The van der Waals surface area contributed by atoms with Crippen molar-refractivity contribution >= 4 is 29.0 Å². The zero-order valence-electron chi connectivity index (χ0n) is 15.8. The van der Waals surface area contributed by atoms with E-state index in [9.17, 15) is 9.18 Å². The molecule has 0 radical (unpaired) electrons. The van der Waals surface area contributed by atoms with Crippen molar-refractivity contribution in [1.29, 1.82) is 0 Å². The van der Waals surface area contributed by atoms with Crippen LogP contribution in [0.25, 0.3) is 0 Å². The van der Waals surface area contributed by atoms with Gasteiger partial charge in [0, 0.05) is 4.88 Å². The number of amides is 1. The van der Waals surface area contributed by atoms with E-state index < -0.39 is 0 Å².